The first kappa shape index (κ1) is 14.2. The number of rotatable bonds is 3. The number of carbonyl (C=O) groups is 1. The van der Waals surface area contributed by atoms with Crippen molar-refractivity contribution < 1.29 is 9.53 Å². The molecule has 2 aromatic rings. The summed E-state index contributed by atoms with van der Waals surface area (Å²) in [5.41, 5.74) is 4.88. The Morgan fingerprint density at radius 3 is 2.68 bits per heavy atom. The van der Waals surface area contributed by atoms with Crippen molar-refractivity contribution in [2.24, 2.45) is 0 Å². The molecule has 4 nitrogen and oxygen atoms in total. The normalized spacial score (nSPS) is 15.5. The molecule has 0 fully saturated rings. The van der Waals surface area contributed by atoms with Gasteiger partial charge in [-0.3, -0.25) is 0 Å². The van der Waals surface area contributed by atoms with Crippen LogP contribution in [0.15, 0.2) is 42.5 Å². The SMILES string of the molecule is CCOC(=O)C1Cc2cc(-c3ccc(C#N)cc3)ccc2N1. The lowest BCUT2D eigenvalue weighted by molar-refractivity contribution is -0.143. The lowest BCUT2D eigenvalue weighted by atomic mass is 10.00. The predicted molar refractivity (Wildman–Crippen MR) is 84.3 cm³/mol. The van der Waals surface area contributed by atoms with Crippen molar-refractivity contribution >= 4 is 11.7 Å². The van der Waals surface area contributed by atoms with Gasteiger partial charge in [-0.25, -0.2) is 4.79 Å². The van der Waals surface area contributed by atoms with Crippen LogP contribution < -0.4 is 5.32 Å². The second-order valence-electron chi connectivity index (χ2n) is 5.21. The smallest absolute Gasteiger partial charge is 0.328 e. The second-order valence-corrected chi connectivity index (χ2v) is 5.21. The number of nitriles is 1. The molecule has 0 saturated carbocycles. The van der Waals surface area contributed by atoms with Gasteiger partial charge >= 0.3 is 5.97 Å². The van der Waals surface area contributed by atoms with Crippen LogP contribution in [0.25, 0.3) is 11.1 Å². The summed E-state index contributed by atoms with van der Waals surface area (Å²) >= 11 is 0. The fourth-order valence-corrected chi connectivity index (χ4v) is 2.66. The molecule has 3 rings (SSSR count). The first-order chi connectivity index (χ1) is 10.7. The van der Waals surface area contributed by atoms with Crippen molar-refractivity contribution in [2.75, 3.05) is 11.9 Å². The van der Waals surface area contributed by atoms with Gasteiger partial charge in [-0.15, -0.1) is 0 Å². The van der Waals surface area contributed by atoms with Crippen LogP contribution in [0.2, 0.25) is 0 Å². The molecule has 1 aliphatic heterocycles. The molecule has 0 amide bonds. The molecule has 2 aromatic carbocycles. The summed E-state index contributed by atoms with van der Waals surface area (Å²) in [7, 11) is 0. The van der Waals surface area contributed by atoms with Crippen LogP contribution in [0.1, 0.15) is 18.1 Å². The highest BCUT2D eigenvalue weighted by Crippen LogP contribution is 2.31. The van der Waals surface area contributed by atoms with E-state index in [9.17, 15) is 4.79 Å². The number of hydrogen-bond acceptors (Lipinski definition) is 4. The Morgan fingerprint density at radius 1 is 1.27 bits per heavy atom. The molecule has 4 heteroatoms. The summed E-state index contributed by atoms with van der Waals surface area (Å²) < 4.78 is 5.07. The minimum atomic E-state index is -0.300. The van der Waals surface area contributed by atoms with Crippen LogP contribution in [0.4, 0.5) is 5.69 Å². The number of anilines is 1. The average molecular weight is 292 g/mol. The molecule has 1 heterocycles. The van der Waals surface area contributed by atoms with Gasteiger partial charge < -0.3 is 10.1 Å². The van der Waals surface area contributed by atoms with E-state index < -0.39 is 0 Å². The van der Waals surface area contributed by atoms with Gasteiger partial charge in [0.1, 0.15) is 6.04 Å². The van der Waals surface area contributed by atoms with E-state index in [-0.39, 0.29) is 12.0 Å². The minimum absolute atomic E-state index is 0.210. The average Bonchev–Trinajstić information content (AvgIpc) is 2.98. The fourth-order valence-electron chi connectivity index (χ4n) is 2.66. The molecular formula is C18H16N2O2. The lowest BCUT2D eigenvalue weighted by Crippen LogP contribution is -2.28. The molecule has 0 aliphatic carbocycles. The Kier molecular flexibility index (Phi) is 3.80. The largest absolute Gasteiger partial charge is 0.464 e. The van der Waals surface area contributed by atoms with Crippen molar-refractivity contribution in [1.82, 2.24) is 0 Å². The number of carbonyl (C=O) groups excluding carboxylic acids is 1. The monoisotopic (exact) mass is 292 g/mol. The maximum atomic E-state index is 11.8. The zero-order valence-electron chi connectivity index (χ0n) is 12.3. The zero-order valence-corrected chi connectivity index (χ0v) is 12.3. The third kappa shape index (κ3) is 2.66. The molecule has 1 atom stereocenters. The Bertz CT molecular complexity index is 745. The molecule has 110 valence electrons. The highest BCUT2D eigenvalue weighted by molar-refractivity contribution is 5.84. The van der Waals surface area contributed by atoms with Gasteiger partial charge in [0.15, 0.2) is 0 Å². The molecule has 1 unspecified atom stereocenters. The summed E-state index contributed by atoms with van der Waals surface area (Å²) in [6.07, 6.45) is 0.637. The van der Waals surface area contributed by atoms with E-state index >= 15 is 0 Å². The van der Waals surface area contributed by atoms with Crippen LogP contribution in [0.5, 0.6) is 0 Å². The maximum absolute atomic E-state index is 11.8. The number of hydrogen-bond donors (Lipinski definition) is 1. The van der Waals surface area contributed by atoms with Gasteiger partial charge in [-0.1, -0.05) is 18.2 Å². The lowest BCUT2D eigenvalue weighted by Gasteiger charge is -2.09. The van der Waals surface area contributed by atoms with Gasteiger partial charge in [0.2, 0.25) is 0 Å². The molecular weight excluding hydrogens is 276 g/mol. The number of esters is 1. The molecule has 0 bridgehead atoms. The van der Waals surface area contributed by atoms with E-state index in [1.54, 1.807) is 0 Å². The summed E-state index contributed by atoms with van der Waals surface area (Å²) in [6, 6.07) is 15.4. The Labute approximate surface area is 129 Å². The fraction of sp³-hybridized carbons (Fsp3) is 0.222. The van der Waals surface area contributed by atoms with Gasteiger partial charge in [0.25, 0.3) is 0 Å². The Balaban J connectivity index is 1.83. The molecule has 0 saturated heterocycles. The number of fused-ring (bicyclic) bond motifs is 1. The quantitative estimate of drug-likeness (QED) is 0.883. The van der Waals surface area contributed by atoms with Crippen LogP contribution in [0.3, 0.4) is 0 Å². The van der Waals surface area contributed by atoms with Crippen LogP contribution >= 0.6 is 0 Å². The third-order valence-corrected chi connectivity index (χ3v) is 3.78. The molecule has 1 N–H and O–H groups in total. The summed E-state index contributed by atoms with van der Waals surface area (Å²) in [5, 5.41) is 12.0. The van der Waals surface area contributed by atoms with Gasteiger partial charge in [0, 0.05) is 12.1 Å². The Morgan fingerprint density at radius 2 is 2.00 bits per heavy atom. The van der Waals surface area contributed by atoms with Gasteiger partial charge in [0.05, 0.1) is 18.2 Å². The van der Waals surface area contributed by atoms with Crippen molar-refractivity contribution in [3.63, 3.8) is 0 Å². The van der Waals surface area contributed by atoms with Crippen molar-refractivity contribution in [3.05, 3.63) is 53.6 Å². The van der Waals surface area contributed by atoms with E-state index in [4.69, 9.17) is 10.00 Å². The van der Waals surface area contributed by atoms with Gasteiger partial charge in [-0.05, 0) is 47.9 Å². The number of ether oxygens (including phenoxy) is 1. The van der Waals surface area contributed by atoms with E-state index in [0.717, 1.165) is 22.4 Å². The van der Waals surface area contributed by atoms with Gasteiger partial charge in [-0.2, -0.15) is 5.26 Å². The third-order valence-electron chi connectivity index (χ3n) is 3.78. The van der Waals surface area contributed by atoms with E-state index in [1.165, 1.54) is 0 Å². The predicted octanol–water partition coefficient (Wildman–Crippen LogP) is 3.12. The minimum Gasteiger partial charge on any atom is -0.464 e. The number of nitrogens with zero attached hydrogens (tertiary/aromatic N) is 1. The summed E-state index contributed by atoms with van der Waals surface area (Å²) in [4.78, 5) is 11.8. The van der Waals surface area contributed by atoms with E-state index in [0.29, 0.717) is 18.6 Å². The van der Waals surface area contributed by atoms with Crippen LogP contribution in [-0.2, 0) is 16.0 Å². The first-order valence-corrected chi connectivity index (χ1v) is 7.28. The van der Waals surface area contributed by atoms with E-state index in [2.05, 4.69) is 17.5 Å². The highest BCUT2D eigenvalue weighted by Gasteiger charge is 2.27. The standard InChI is InChI=1S/C18H16N2O2/c1-2-22-18(21)17-10-15-9-14(7-8-16(15)20-17)13-5-3-12(11-19)4-6-13/h3-9,17,20H,2,10H2,1H3. The first-order valence-electron chi connectivity index (χ1n) is 7.28. The summed E-state index contributed by atoms with van der Waals surface area (Å²) in [6.45, 7) is 2.20. The Hall–Kier alpha value is -2.80. The topological polar surface area (TPSA) is 62.1 Å². The van der Waals surface area contributed by atoms with Crippen molar-refractivity contribution in [1.29, 1.82) is 5.26 Å². The van der Waals surface area contributed by atoms with Crippen LogP contribution in [0, 0.1) is 11.3 Å². The maximum Gasteiger partial charge on any atom is 0.328 e. The van der Waals surface area contributed by atoms with E-state index in [1.807, 2.05) is 43.3 Å². The zero-order chi connectivity index (χ0) is 15.5. The number of nitrogens with one attached hydrogen (secondary N) is 1. The summed E-state index contributed by atoms with van der Waals surface area (Å²) in [5.74, 6) is -0.210. The van der Waals surface area contributed by atoms with Crippen molar-refractivity contribution in [2.45, 2.75) is 19.4 Å². The molecule has 0 radical (unpaired) electrons. The van der Waals surface area contributed by atoms with Crippen LogP contribution in [-0.4, -0.2) is 18.6 Å². The second kappa shape index (κ2) is 5.90. The molecule has 1 aliphatic rings. The number of benzene rings is 2. The molecule has 22 heavy (non-hydrogen) atoms. The molecule has 0 aromatic heterocycles. The van der Waals surface area contributed by atoms with Crippen molar-refractivity contribution in [3.8, 4) is 17.2 Å². The highest BCUT2D eigenvalue weighted by atomic mass is 16.5. The molecule has 0 spiro atoms.